The van der Waals surface area contributed by atoms with Gasteiger partial charge in [0.1, 0.15) is 0 Å². The maximum Gasteiger partial charge on any atom is 0.277 e. The summed E-state index contributed by atoms with van der Waals surface area (Å²) in [6.45, 7) is 1.01. The third-order valence-electron chi connectivity index (χ3n) is 2.56. The molecular formula is C11H12ClNO4S. The minimum Gasteiger partial charge on any atom is -0.271 e. The van der Waals surface area contributed by atoms with E-state index in [1.54, 1.807) is 0 Å². The highest BCUT2D eigenvalue weighted by Crippen LogP contribution is 2.23. The molecule has 0 spiro atoms. The highest BCUT2D eigenvalue weighted by Gasteiger charge is 2.23. The van der Waals surface area contributed by atoms with Gasteiger partial charge in [0.15, 0.2) is 9.84 Å². The van der Waals surface area contributed by atoms with Crippen LogP contribution in [0.15, 0.2) is 23.1 Å². The average Bonchev–Trinajstić information content (AvgIpc) is 2.80. The summed E-state index contributed by atoms with van der Waals surface area (Å²) in [4.78, 5) is 17.1. The fraction of sp³-hybridized carbons (Fsp3) is 0.364. The third kappa shape index (κ3) is 2.66. The molecule has 1 amide bonds. The number of nitrogens with zero attached hydrogens (tertiary/aromatic N) is 1. The van der Waals surface area contributed by atoms with Gasteiger partial charge in [-0.1, -0.05) is 11.6 Å². The van der Waals surface area contributed by atoms with Gasteiger partial charge in [-0.25, -0.2) is 13.5 Å². The second-order valence-electron chi connectivity index (χ2n) is 4.01. The number of hydrogen-bond acceptors (Lipinski definition) is 4. The molecule has 1 fully saturated rings. The van der Waals surface area contributed by atoms with Crippen LogP contribution in [0.25, 0.3) is 0 Å². The first-order valence-electron chi connectivity index (χ1n) is 5.34. The van der Waals surface area contributed by atoms with Crippen molar-refractivity contribution in [2.45, 2.75) is 11.3 Å². The van der Waals surface area contributed by atoms with Crippen molar-refractivity contribution in [3.8, 4) is 0 Å². The molecule has 1 aromatic carbocycles. The van der Waals surface area contributed by atoms with Gasteiger partial charge < -0.3 is 0 Å². The van der Waals surface area contributed by atoms with Crippen LogP contribution < -0.4 is 0 Å². The second kappa shape index (κ2) is 4.87. The Balaban J connectivity index is 2.38. The number of sulfone groups is 1. The number of rotatable bonds is 2. The quantitative estimate of drug-likeness (QED) is 0.828. The lowest BCUT2D eigenvalue weighted by Crippen LogP contribution is -2.26. The smallest absolute Gasteiger partial charge is 0.271 e. The molecule has 1 aliphatic heterocycles. The molecular weight excluding hydrogens is 278 g/mol. The lowest BCUT2D eigenvalue weighted by molar-refractivity contribution is -0.0768. The molecule has 1 aromatic rings. The molecule has 0 radical (unpaired) electrons. The molecule has 0 N–H and O–H groups in total. The molecule has 0 atom stereocenters. The fourth-order valence-electron chi connectivity index (χ4n) is 1.67. The highest BCUT2D eigenvalue weighted by molar-refractivity contribution is 7.90. The monoisotopic (exact) mass is 289 g/mol. The Morgan fingerprint density at radius 2 is 2.17 bits per heavy atom. The normalized spacial score (nSPS) is 16.0. The van der Waals surface area contributed by atoms with Crippen molar-refractivity contribution < 1.29 is 18.0 Å². The molecule has 0 bridgehead atoms. The standard InChI is InChI=1S/C11H12ClNO4S/c1-18(15,16)10-7-8(3-4-9(10)12)11(14)13-5-2-6-17-13/h3-4,7H,2,5-6H2,1H3. The van der Waals surface area contributed by atoms with Crippen LogP contribution in [0.3, 0.4) is 0 Å². The van der Waals surface area contributed by atoms with Crippen LogP contribution >= 0.6 is 11.6 Å². The van der Waals surface area contributed by atoms with E-state index < -0.39 is 9.84 Å². The number of carbonyl (C=O) groups is 1. The van der Waals surface area contributed by atoms with E-state index in [2.05, 4.69) is 0 Å². The predicted molar refractivity (Wildman–Crippen MR) is 66.2 cm³/mol. The largest absolute Gasteiger partial charge is 0.277 e. The average molecular weight is 290 g/mol. The van der Waals surface area contributed by atoms with Gasteiger partial charge in [0, 0.05) is 11.8 Å². The molecule has 0 aliphatic carbocycles. The summed E-state index contributed by atoms with van der Waals surface area (Å²) in [6.07, 6.45) is 1.83. The van der Waals surface area contributed by atoms with Crippen molar-refractivity contribution in [2.24, 2.45) is 0 Å². The maximum absolute atomic E-state index is 12.0. The molecule has 0 aromatic heterocycles. The molecule has 1 heterocycles. The van der Waals surface area contributed by atoms with Crippen LogP contribution in [0.1, 0.15) is 16.8 Å². The van der Waals surface area contributed by atoms with Crippen LogP contribution in [-0.4, -0.2) is 38.8 Å². The van der Waals surface area contributed by atoms with Gasteiger partial charge in [0.05, 0.1) is 23.1 Å². The van der Waals surface area contributed by atoms with Gasteiger partial charge in [0.25, 0.3) is 5.91 Å². The van der Waals surface area contributed by atoms with E-state index in [1.807, 2.05) is 0 Å². The molecule has 7 heteroatoms. The minimum absolute atomic E-state index is 0.0470. The zero-order chi connectivity index (χ0) is 13.3. The van der Waals surface area contributed by atoms with Gasteiger partial charge >= 0.3 is 0 Å². The van der Waals surface area contributed by atoms with E-state index in [0.29, 0.717) is 13.2 Å². The molecule has 2 rings (SSSR count). The lowest BCUT2D eigenvalue weighted by Gasteiger charge is -2.14. The number of carbonyl (C=O) groups excluding carboxylic acids is 1. The Morgan fingerprint density at radius 1 is 1.44 bits per heavy atom. The summed E-state index contributed by atoms with van der Waals surface area (Å²) in [6, 6.07) is 4.17. The first-order valence-corrected chi connectivity index (χ1v) is 7.61. The van der Waals surface area contributed by atoms with E-state index in [4.69, 9.17) is 16.4 Å². The summed E-state index contributed by atoms with van der Waals surface area (Å²) < 4.78 is 23.0. The Bertz CT molecular complexity index is 579. The van der Waals surface area contributed by atoms with Crippen LogP contribution in [0, 0.1) is 0 Å². The summed E-state index contributed by atoms with van der Waals surface area (Å²) in [5, 5.41) is 1.34. The number of hydrogen-bond donors (Lipinski definition) is 0. The fourth-order valence-corrected chi connectivity index (χ4v) is 2.97. The van der Waals surface area contributed by atoms with Crippen LogP contribution in [0.4, 0.5) is 0 Å². The van der Waals surface area contributed by atoms with E-state index in [-0.39, 0.29) is 21.4 Å². The Hall–Kier alpha value is -1.11. The molecule has 1 saturated heterocycles. The zero-order valence-corrected chi connectivity index (χ0v) is 11.3. The number of benzene rings is 1. The van der Waals surface area contributed by atoms with Gasteiger partial charge in [-0.05, 0) is 24.6 Å². The summed E-state index contributed by atoms with van der Waals surface area (Å²) in [5.41, 5.74) is 0.252. The molecule has 18 heavy (non-hydrogen) atoms. The zero-order valence-electron chi connectivity index (χ0n) is 9.72. The summed E-state index contributed by atoms with van der Waals surface area (Å²) >= 11 is 5.81. The molecule has 0 unspecified atom stereocenters. The summed E-state index contributed by atoms with van der Waals surface area (Å²) in [5.74, 6) is -0.353. The van der Waals surface area contributed by atoms with E-state index in [1.165, 1.54) is 23.3 Å². The maximum atomic E-state index is 12.0. The predicted octanol–water partition coefficient (Wildman–Crippen LogP) is 1.52. The van der Waals surface area contributed by atoms with Crippen LogP contribution in [0.5, 0.6) is 0 Å². The minimum atomic E-state index is -3.46. The first kappa shape index (κ1) is 13.3. The number of halogens is 1. The lowest BCUT2D eigenvalue weighted by atomic mass is 10.2. The van der Waals surface area contributed by atoms with Crippen molar-refractivity contribution in [1.29, 1.82) is 0 Å². The van der Waals surface area contributed by atoms with Crippen molar-refractivity contribution in [1.82, 2.24) is 5.06 Å². The molecule has 98 valence electrons. The third-order valence-corrected chi connectivity index (χ3v) is 4.14. The van der Waals surface area contributed by atoms with Crippen molar-refractivity contribution in [2.75, 3.05) is 19.4 Å². The second-order valence-corrected chi connectivity index (χ2v) is 6.40. The van der Waals surface area contributed by atoms with E-state index in [9.17, 15) is 13.2 Å². The highest BCUT2D eigenvalue weighted by atomic mass is 35.5. The number of amides is 1. The SMILES string of the molecule is CS(=O)(=O)c1cc(C(=O)N2CCCO2)ccc1Cl. The van der Waals surface area contributed by atoms with E-state index in [0.717, 1.165) is 12.7 Å². The van der Waals surface area contributed by atoms with Crippen molar-refractivity contribution in [3.63, 3.8) is 0 Å². The molecule has 0 saturated carbocycles. The van der Waals surface area contributed by atoms with Gasteiger partial charge in [-0.15, -0.1) is 0 Å². The van der Waals surface area contributed by atoms with Gasteiger partial charge in [-0.2, -0.15) is 0 Å². The van der Waals surface area contributed by atoms with Crippen LogP contribution in [-0.2, 0) is 14.7 Å². The first-order chi connectivity index (χ1) is 8.39. The molecule has 5 nitrogen and oxygen atoms in total. The Labute approximate surface area is 110 Å². The van der Waals surface area contributed by atoms with Gasteiger partial charge in [-0.3, -0.25) is 9.63 Å². The summed E-state index contributed by atoms with van der Waals surface area (Å²) in [7, 11) is -3.46. The van der Waals surface area contributed by atoms with Gasteiger partial charge in [0.2, 0.25) is 0 Å². The Morgan fingerprint density at radius 3 is 2.72 bits per heavy atom. The van der Waals surface area contributed by atoms with Crippen molar-refractivity contribution >= 4 is 27.3 Å². The topological polar surface area (TPSA) is 63.7 Å². The van der Waals surface area contributed by atoms with Crippen molar-refractivity contribution in [3.05, 3.63) is 28.8 Å². The van der Waals surface area contributed by atoms with Crippen LogP contribution in [0.2, 0.25) is 5.02 Å². The Kier molecular flexibility index (Phi) is 3.61. The van der Waals surface area contributed by atoms with E-state index >= 15 is 0 Å². The molecule has 1 aliphatic rings. The number of hydroxylamine groups is 2.